The molecule has 1 atom stereocenters. The van der Waals surface area contributed by atoms with Gasteiger partial charge >= 0.3 is 6.18 Å². The van der Waals surface area contributed by atoms with E-state index in [1.165, 1.54) is 12.1 Å². The van der Waals surface area contributed by atoms with Crippen molar-refractivity contribution in [2.75, 3.05) is 23.3 Å². The molecule has 1 N–H and O–H groups in total. The van der Waals surface area contributed by atoms with Gasteiger partial charge in [0.05, 0.1) is 16.3 Å². The molecule has 3 rings (SSSR count). The predicted molar refractivity (Wildman–Crippen MR) is 89.6 cm³/mol. The van der Waals surface area contributed by atoms with Crippen LogP contribution in [0.15, 0.2) is 30.5 Å². The molecular weight excluding hydrogens is 372 g/mol. The lowest BCUT2D eigenvalue weighted by atomic mass is 10.2. The van der Waals surface area contributed by atoms with Crippen molar-refractivity contribution in [3.05, 3.63) is 52.6 Å². The van der Waals surface area contributed by atoms with E-state index in [-0.39, 0.29) is 22.4 Å². The zero-order valence-corrected chi connectivity index (χ0v) is 14.1. The minimum Gasteiger partial charge on any atom is -0.378 e. The smallest absolute Gasteiger partial charge is 0.378 e. The van der Waals surface area contributed by atoms with Gasteiger partial charge in [0.2, 0.25) is 0 Å². The standard InChI is InChI=1S/C17H13ClF4N4/c18-13-2-1-12(6-14(13)19)26-4-3-11(9-26)25-15-5-10(17(20,21)22)8-24-16(15)7-23/h1-2,5-6,8,11,25H,3-4,9H2. The maximum atomic E-state index is 13.6. The number of rotatable bonds is 3. The third-order valence-electron chi connectivity index (χ3n) is 4.14. The molecule has 0 bridgehead atoms. The van der Waals surface area contributed by atoms with Crippen LogP contribution >= 0.6 is 11.6 Å². The molecule has 1 fully saturated rings. The molecule has 2 aromatic rings. The van der Waals surface area contributed by atoms with Crippen molar-refractivity contribution < 1.29 is 17.6 Å². The van der Waals surface area contributed by atoms with Crippen molar-refractivity contribution >= 4 is 23.0 Å². The van der Waals surface area contributed by atoms with Crippen LogP contribution in [0.4, 0.5) is 28.9 Å². The van der Waals surface area contributed by atoms with Gasteiger partial charge < -0.3 is 10.2 Å². The number of nitrogens with zero attached hydrogens (tertiary/aromatic N) is 3. The molecule has 1 unspecified atom stereocenters. The van der Waals surface area contributed by atoms with Crippen molar-refractivity contribution in [3.8, 4) is 6.07 Å². The second kappa shape index (κ2) is 7.00. The normalized spacial score (nSPS) is 17.2. The predicted octanol–water partition coefficient (Wildman–Crippen LogP) is 4.46. The van der Waals surface area contributed by atoms with Gasteiger partial charge in [-0.3, -0.25) is 0 Å². The lowest BCUT2D eigenvalue weighted by molar-refractivity contribution is -0.137. The number of halogens is 5. The summed E-state index contributed by atoms with van der Waals surface area (Å²) in [6, 6.07) is 6.92. The molecule has 4 nitrogen and oxygen atoms in total. The van der Waals surface area contributed by atoms with Crippen molar-refractivity contribution in [3.63, 3.8) is 0 Å². The van der Waals surface area contributed by atoms with Crippen LogP contribution in [0.25, 0.3) is 0 Å². The maximum absolute atomic E-state index is 13.6. The number of nitrogens with one attached hydrogen (secondary N) is 1. The Morgan fingerprint density at radius 1 is 1.31 bits per heavy atom. The first kappa shape index (κ1) is 18.3. The fraction of sp³-hybridized carbons (Fsp3) is 0.294. The molecule has 0 saturated carbocycles. The number of anilines is 2. The highest BCUT2D eigenvalue weighted by atomic mass is 35.5. The van der Waals surface area contributed by atoms with E-state index in [0.29, 0.717) is 31.4 Å². The topological polar surface area (TPSA) is 52.0 Å². The average molecular weight is 385 g/mol. The first-order valence-electron chi connectivity index (χ1n) is 7.72. The summed E-state index contributed by atoms with van der Waals surface area (Å²) in [6.07, 6.45) is -3.29. The van der Waals surface area contributed by atoms with Gasteiger partial charge in [-0.1, -0.05) is 11.6 Å². The van der Waals surface area contributed by atoms with Crippen LogP contribution in [-0.2, 0) is 6.18 Å². The van der Waals surface area contributed by atoms with Crippen LogP contribution in [-0.4, -0.2) is 24.1 Å². The number of alkyl halides is 3. The monoisotopic (exact) mass is 384 g/mol. The highest BCUT2D eigenvalue weighted by Gasteiger charge is 2.32. The molecule has 1 saturated heterocycles. The Kier molecular flexibility index (Phi) is 4.92. The average Bonchev–Trinajstić information content (AvgIpc) is 3.05. The Labute approximate surface area is 152 Å². The minimum atomic E-state index is -4.54. The largest absolute Gasteiger partial charge is 0.417 e. The van der Waals surface area contributed by atoms with Crippen LogP contribution < -0.4 is 10.2 Å². The van der Waals surface area contributed by atoms with Crippen LogP contribution in [0.5, 0.6) is 0 Å². The molecule has 0 radical (unpaired) electrons. The van der Waals surface area contributed by atoms with Gasteiger partial charge in [0.25, 0.3) is 0 Å². The summed E-state index contributed by atoms with van der Waals surface area (Å²) in [4.78, 5) is 5.48. The van der Waals surface area contributed by atoms with Crippen molar-refractivity contribution in [1.82, 2.24) is 4.98 Å². The molecule has 1 aromatic carbocycles. The summed E-state index contributed by atoms with van der Waals surface area (Å²) in [7, 11) is 0. The molecule has 9 heteroatoms. The first-order chi connectivity index (χ1) is 12.3. The van der Waals surface area contributed by atoms with E-state index in [4.69, 9.17) is 16.9 Å². The quantitative estimate of drug-likeness (QED) is 0.794. The van der Waals surface area contributed by atoms with Crippen LogP contribution in [0, 0.1) is 17.1 Å². The van der Waals surface area contributed by atoms with Gasteiger partial charge in [0.1, 0.15) is 11.9 Å². The van der Waals surface area contributed by atoms with Crippen molar-refractivity contribution in [1.29, 1.82) is 5.26 Å². The molecule has 136 valence electrons. The summed E-state index contributed by atoms with van der Waals surface area (Å²) in [5, 5.41) is 12.1. The Balaban J connectivity index is 1.76. The molecule has 0 amide bonds. The molecule has 2 heterocycles. The fourth-order valence-corrected chi connectivity index (χ4v) is 2.95. The number of nitriles is 1. The minimum absolute atomic E-state index is 0.0244. The number of aromatic nitrogens is 1. The van der Waals surface area contributed by atoms with E-state index >= 15 is 0 Å². The molecule has 0 aliphatic carbocycles. The van der Waals surface area contributed by atoms with Crippen LogP contribution in [0.1, 0.15) is 17.7 Å². The Bertz CT molecular complexity index is 863. The highest BCUT2D eigenvalue weighted by Crippen LogP contribution is 2.32. The zero-order chi connectivity index (χ0) is 18.9. The van der Waals surface area contributed by atoms with Gasteiger partial charge in [-0.15, -0.1) is 0 Å². The molecule has 1 aliphatic rings. The second-order valence-corrected chi connectivity index (χ2v) is 6.31. The number of hydrogen-bond acceptors (Lipinski definition) is 4. The third-order valence-corrected chi connectivity index (χ3v) is 4.44. The van der Waals surface area contributed by atoms with Gasteiger partial charge in [0, 0.05) is 31.0 Å². The molecule has 1 aromatic heterocycles. The van der Waals surface area contributed by atoms with E-state index < -0.39 is 17.6 Å². The Morgan fingerprint density at radius 2 is 2.08 bits per heavy atom. The van der Waals surface area contributed by atoms with Gasteiger partial charge in [-0.05, 0) is 30.7 Å². The summed E-state index contributed by atoms with van der Waals surface area (Å²) >= 11 is 5.67. The maximum Gasteiger partial charge on any atom is 0.417 e. The molecule has 26 heavy (non-hydrogen) atoms. The van der Waals surface area contributed by atoms with Gasteiger partial charge in [0.15, 0.2) is 5.69 Å². The number of benzene rings is 1. The van der Waals surface area contributed by atoms with E-state index in [0.717, 1.165) is 6.07 Å². The number of pyridine rings is 1. The van der Waals surface area contributed by atoms with E-state index in [2.05, 4.69) is 10.3 Å². The SMILES string of the molecule is N#Cc1ncc(C(F)(F)F)cc1NC1CCN(c2ccc(Cl)c(F)c2)C1. The van der Waals surface area contributed by atoms with Crippen molar-refractivity contribution in [2.45, 2.75) is 18.6 Å². The highest BCUT2D eigenvalue weighted by molar-refractivity contribution is 6.30. The fourth-order valence-electron chi connectivity index (χ4n) is 2.83. The van der Waals surface area contributed by atoms with Gasteiger partial charge in [-0.25, -0.2) is 9.37 Å². The first-order valence-corrected chi connectivity index (χ1v) is 8.09. The third kappa shape index (κ3) is 3.83. The zero-order valence-electron chi connectivity index (χ0n) is 13.3. The van der Waals surface area contributed by atoms with Crippen LogP contribution in [0.3, 0.4) is 0 Å². The summed E-state index contributed by atoms with van der Waals surface area (Å²) < 4.78 is 52.2. The van der Waals surface area contributed by atoms with E-state index in [1.54, 1.807) is 12.1 Å². The van der Waals surface area contributed by atoms with Gasteiger partial charge in [-0.2, -0.15) is 18.4 Å². The van der Waals surface area contributed by atoms with E-state index in [9.17, 15) is 17.6 Å². The molecule has 0 spiro atoms. The Hall–Kier alpha value is -2.53. The van der Waals surface area contributed by atoms with E-state index in [1.807, 2.05) is 4.90 Å². The number of hydrogen-bond donors (Lipinski definition) is 1. The summed E-state index contributed by atoms with van der Waals surface area (Å²) in [5.74, 6) is -0.533. The second-order valence-electron chi connectivity index (χ2n) is 5.90. The van der Waals surface area contributed by atoms with Crippen molar-refractivity contribution in [2.24, 2.45) is 0 Å². The van der Waals surface area contributed by atoms with Crippen LogP contribution in [0.2, 0.25) is 5.02 Å². The molecular formula is C17H13ClF4N4. The lowest BCUT2D eigenvalue weighted by Gasteiger charge is -2.20. The summed E-state index contributed by atoms with van der Waals surface area (Å²) in [5.41, 5.74) is -0.349. The lowest BCUT2D eigenvalue weighted by Crippen LogP contribution is -2.26. The molecule has 1 aliphatic heterocycles. The summed E-state index contributed by atoms with van der Waals surface area (Å²) in [6.45, 7) is 1.04. The Morgan fingerprint density at radius 3 is 2.73 bits per heavy atom.